The number of hydrogen-bond donors (Lipinski definition) is 2. The van der Waals surface area contributed by atoms with Crippen LogP contribution in [-0.2, 0) is 4.74 Å². The van der Waals surface area contributed by atoms with Gasteiger partial charge in [-0.2, -0.15) is 0 Å². The van der Waals surface area contributed by atoms with Gasteiger partial charge in [0.05, 0.1) is 6.61 Å². The first kappa shape index (κ1) is 12.9. The second-order valence-corrected chi connectivity index (χ2v) is 3.57. The zero-order chi connectivity index (χ0) is 10.1. The van der Waals surface area contributed by atoms with Crippen LogP contribution in [0.5, 0.6) is 0 Å². The molecule has 0 heterocycles. The van der Waals surface area contributed by atoms with Crippen LogP contribution in [0.15, 0.2) is 0 Å². The van der Waals surface area contributed by atoms with Gasteiger partial charge < -0.3 is 4.74 Å². The number of hydrazine groups is 1. The van der Waals surface area contributed by atoms with Gasteiger partial charge in [-0.15, -0.1) is 0 Å². The summed E-state index contributed by atoms with van der Waals surface area (Å²) in [6.45, 7) is 5.13. The summed E-state index contributed by atoms with van der Waals surface area (Å²) in [5.74, 6) is 6.14. The molecule has 0 aromatic rings. The lowest BCUT2D eigenvalue weighted by atomic mass is 9.91. The lowest BCUT2D eigenvalue weighted by molar-refractivity contribution is 0.133. The number of nitrogens with one attached hydrogen (secondary N) is 1. The Morgan fingerprint density at radius 2 is 1.77 bits per heavy atom. The molecule has 0 aliphatic rings. The molecule has 0 aromatic carbocycles. The van der Waals surface area contributed by atoms with Gasteiger partial charge in [-0.25, -0.2) is 0 Å². The molecule has 0 radical (unpaired) electrons. The first-order valence-corrected chi connectivity index (χ1v) is 5.25. The Bertz CT molecular complexity index is 103. The Balaban J connectivity index is 3.94. The fourth-order valence-electron chi connectivity index (χ4n) is 1.79. The minimum atomic E-state index is 0.310. The number of nitrogens with two attached hydrogens (primary N) is 1. The highest BCUT2D eigenvalue weighted by atomic mass is 16.5. The van der Waals surface area contributed by atoms with E-state index in [9.17, 15) is 0 Å². The lowest BCUT2D eigenvalue weighted by Gasteiger charge is -2.25. The maximum absolute atomic E-state index is 5.49. The van der Waals surface area contributed by atoms with Gasteiger partial charge in [-0.3, -0.25) is 11.3 Å². The second-order valence-electron chi connectivity index (χ2n) is 3.57. The molecule has 0 aliphatic carbocycles. The van der Waals surface area contributed by atoms with E-state index in [1.54, 1.807) is 7.11 Å². The highest BCUT2D eigenvalue weighted by Gasteiger charge is 2.18. The third-order valence-corrected chi connectivity index (χ3v) is 2.45. The first-order valence-electron chi connectivity index (χ1n) is 5.25. The van der Waals surface area contributed by atoms with Crippen molar-refractivity contribution in [2.24, 2.45) is 11.8 Å². The normalized spacial score (nSPS) is 13.6. The van der Waals surface area contributed by atoms with E-state index in [2.05, 4.69) is 19.3 Å². The van der Waals surface area contributed by atoms with E-state index >= 15 is 0 Å². The van der Waals surface area contributed by atoms with Crippen LogP contribution in [0.2, 0.25) is 0 Å². The smallest absolute Gasteiger partial charge is 0.0632 e. The molecule has 0 saturated heterocycles. The highest BCUT2D eigenvalue weighted by Crippen LogP contribution is 2.17. The van der Waals surface area contributed by atoms with Gasteiger partial charge >= 0.3 is 0 Å². The second kappa shape index (κ2) is 8.48. The predicted octanol–water partition coefficient (Wildman–Crippen LogP) is 1.68. The van der Waals surface area contributed by atoms with Crippen LogP contribution in [0, 0.1) is 5.92 Å². The lowest BCUT2D eigenvalue weighted by Crippen LogP contribution is -2.44. The molecule has 1 atom stereocenters. The van der Waals surface area contributed by atoms with Crippen LogP contribution in [0.3, 0.4) is 0 Å². The highest BCUT2D eigenvalue weighted by molar-refractivity contribution is 4.73. The van der Waals surface area contributed by atoms with Gasteiger partial charge in [-0.1, -0.05) is 26.7 Å². The topological polar surface area (TPSA) is 47.3 Å². The van der Waals surface area contributed by atoms with Crippen molar-refractivity contribution in [1.82, 2.24) is 5.43 Å². The molecule has 0 fully saturated rings. The van der Waals surface area contributed by atoms with Crippen LogP contribution < -0.4 is 11.3 Å². The fraction of sp³-hybridized carbons (Fsp3) is 1.00. The van der Waals surface area contributed by atoms with Crippen LogP contribution in [0.25, 0.3) is 0 Å². The van der Waals surface area contributed by atoms with Crippen molar-refractivity contribution in [3.63, 3.8) is 0 Å². The summed E-state index contributed by atoms with van der Waals surface area (Å²) < 4.78 is 5.13. The van der Waals surface area contributed by atoms with Crippen LogP contribution >= 0.6 is 0 Å². The van der Waals surface area contributed by atoms with Crippen molar-refractivity contribution >= 4 is 0 Å². The number of ether oxygens (including phenoxy) is 1. The summed E-state index contributed by atoms with van der Waals surface area (Å²) in [7, 11) is 1.72. The quantitative estimate of drug-likeness (QED) is 0.450. The van der Waals surface area contributed by atoms with Gasteiger partial charge in [0.2, 0.25) is 0 Å². The minimum Gasteiger partial charge on any atom is -0.383 e. The third-order valence-electron chi connectivity index (χ3n) is 2.45. The summed E-state index contributed by atoms with van der Waals surface area (Å²) in [5, 5.41) is 0. The molecule has 0 saturated carbocycles. The minimum absolute atomic E-state index is 0.310. The Labute approximate surface area is 82.0 Å². The van der Waals surface area contributed by atoms with Crippen molar-refractivity contribution in [2.45, 2.75) is 45.6 Å². The van der Waals surface area contributed by atoms with Crippen molar-refractivity contribution in [1.29, 1.82) is 0 Å². The first-order chi connectivity index (χ1) is 6.29. The van der Waals surface area contributed by atoms with Gasteiger partial charge in [0.1, 0.15) is 0 Å². The molecule has 0 rings (SSSR count). The summed E-state index contributed by atoms with van der Waals surface area (Å²) in [4.78, 5) is 0. The standard InChI is InChI=1S/C10H24N2O/c1-4-6-9(7-5-2)10(12-11)8-13-3/h9-10,12H,4-8,11H2,1-3H3. The Morgan fingerprint density at radius 1 is 1.23 bits per heavy atom. The molecule has 3 N–H and O–H groups in total. The molecule has 0 bridgehead atoms. The van der Waals surface area contributed by atoms with Crippen molar-refractivity contribution in [2.75, 3.05) is 13.7 Å². The average molecular weight is 188 g/mol. The average Bonchev–Trinajstić information content (AvgIpc) is 2.14. The third kappa shape index (κ3) is 5.24. The molecule has 13 heavy (non-hydrogen) atoms. The maximum atomic E-state index is 5.49. The molecule has 0 amide bonds. The van der Waals surface area contributed by atoms with E-state index in [1.807, 2.05) is 0 Å². The number of methoxy groups -OCH3 is 1. The molecule has 0 aliphatic heterocycles. The van der Waals surface area contributed by atoms with E-state index in [4.69, 9.17) is 10.6 Å². The summed E-state index contributed by atoms with van der Waals surface area (Å²) in [5.41, 5.74) is 2.85. The molecular formula is C10H24N2O. The zero-order valence-electron chi connectivity index (χ0n) is 9.18. The van der Waals surface area contributed by atoms with E-state index in [0.717, 1.165) is 0 Å². The molecule has 0 aromatic heterocycles. The van der Waals surface area contributed by atoms with Gasteiger partial charge in [0.25, 0.3) is 0 Å². The van der Waals surface area contributed by atoms with Crippen molar-refractivity contribution < 1.29 is 4.74 Å². The molecule has 1 unspecified atom stereocenters. The summed E-state index contributed by atoms with van der Waals surface area (Å²) in [6.07, 6.45) is 4.89. The van der Waals surface area contributed by atoms with Gasteiger partial charge in [0, 0.05) is 13.2 Å². The Hall–Kier alpha value is -0.120. The van der Waals surface area contributed by atoms with Crippen molar-refractivity contribution in [3.8, 4) is 0 Å². The maximum Gasteiger partial charge on any atom is 0.0632 e. The molecule has 3 nitrogen and oxygen atoms in total. The number of hydrogen-bond acceptors (Lipinski definition) is 3. The molecule has 0 spiro atoms. The van der Waals surface area contributed by atoms with E-state index in [1.165, 1.54) is 25.7 Å². The zero-order valence-corrected chi connectivity index (χ0v) is 9.18. The van der Waals surface area contributed by atoms with Crippen LogP contribution in [0.1, 0.15) is 39.5 Å². The van der Waals surface area contributed by atoms with Crippen LogP contribution in [-0.4, -0.2) is 19.8 Å². The SMILES string of the molecule is CCCC(CCC)C(COC)NN. The molecular weight excluding hydrogens is 164 g/mol. The van der Waals surface area contributed by atoms with Gasteiger partial charge in [-0.05, 0) is 18.8 Å². The van der Waals surface area contributed by atoms with Crippen LogP contribution in [0.4, 0.5) is 0 Å². The van der Waals surface area contributed by atoms with E-state index < -0.39 is 0 Å². The predicted molar refractivity (Wildman–Crippen MR) is 56.3 cm³/mol. The molecule has 3 heteroatoms. The monoisotopic (exact) mass is 188 g/mol. The van der Waals surface area contributed by atoms with Gasteiger partial charge in [0.15, 0.2) is 0 Å². The summed E-state index contributed by atoms with van der Waals surface area (Å²) in [6, 6.07) is 0.310. The van der Waals surface area contributed by atoms with E-state index in [0.29, 0.717) is 18.6 Å². The summed E-state index contributed by atoms with van der Waals surface area (Å²) >= 11 is 0. The Kier molecular flexibility index (Phi) is 8.40. The Morgan fingerprint density at radius 3 is 2.08 bits per heavy atom. The van der Waals surface area contributed by atoms with Crippen molar-refractivity contribution in [3.05, 3.63) is 0 Å². The fourth-order valence-corrected chi connectivity index (χ4v) is 1.79. The van der Waals surface area contributed by atoms with E-state index in [-0.39, 0.29) is 0 Å². The molecule has 80 valence electrons. The number of rotatable bonds is 8. The largest absolute Gasteiger partial charge is 0.383 e.